The van der Waals surface area contributed by atoms with Gasteiger partial charge in [-0.25, -0.2) is 4.79 Å². The molecule has 7 rings (SSSR count). The average Bonchev–Trinajstić information content (AvgIpc) is 3.68. The first-order valence-electron chi connectivity index (χ1n) is 25.8. The van der Waals surface area contributed by atoms with Crippen LogP contribution < -0.4 is 31.9 Å². The summed E-state index contributed by atoms with van der Waals surface area (Å²) in [5, 5.41) is 17.0. The van der Waals surface area contributed by atoms with Crippen LogP contribution in [0.4, 0.5) is 4.79 Å². The quantitative estimate of drug-likeness (QED) is 0.0814. The standard InChI is InChI=1S/C53H79BN6O10/c1-10-11-17-35-20-22-36(23-21-35)37-24-26-38(27-25-37)46(62)59-41(19-14-15-28-55-50(66)68-51(4,5)6)48(64)60-42-32-67-29-16-12-13-18-40(58-45(61)33(2)56-49(42)65)47(63)57-34(3)54-69-44-31-39-30-43(52(39,7)8)53(44,9)70-54/h20-27,33-34,39-44H,10-19,28-32H2,1-9H3,(H,55,66)(H,56,65)(H,57,63)(H,58,61)(H,59,62)(H,60,64)/t33-,34-,39-,40-,41-,42-,43-,44?,53-/m0/s1. The third-order valence-corrected chi connectivity index (χ3v) is 14.8. The van der Waals surface area contributed by atoms with Crippen molar-refractivity contribution in [2.75, 3.05) is 19.8 Å². The number of unbranched alkanes of at least 4 members (excludes halogenated alkanes) is 2. The van der Waals surface area contributed by atoms with Crippen molar-refractivity contribution in [2.45, 2.75) is 187 Å². The average molecular weight is 971 g/mol. The van der Waals surface area contributed by atoms with E-state index >= 15 is 0 Å². The molecule has 384 valence electrons. The minimum Gasteiger partial charge on any atom is -0.444 e. The van der Waals surface area contributed by atoms with Gasteiger partial charge in [0.05, 0.1) is 24.3 Å². The number of benzene rings is 2. The molecule has 2 aromatic carbocycles. The van der Waals surface area contributed by atoms with Crippen LogP contribution in [0.2, 0.25) is 0 Å². The number of ether oxygens (including phenoxy) is 2. The van der Waals surface area contributed by atoms with E-state index in [1.165, 1.54) is 12.5 Å². The molecule has 17 heteroatoms. The first kappa shape index (κ1) is 54.3. The molecule has 5 fully saturated rings. The highest BCUT2D eigenvalue weighted by molar-refractivity contribution is 6.47. The molecule has 2 aliphatic heterocycles. The lowest BCUT2D eigenvalue weighted by molar-refractivity contribution is -0.199. The molecule has 1 unspecified atom stereocenters. The Hall–Kier alpha value is -5.00. The van der Waals surface area contributed by atoms with Crippen LogP contribution in [-0.2, 0) is 44.4 Å². The van der Waals surface area contributed by atoms with E-state index in [9.17, 15) is 28.8 Å². The van der Waals surface area contributed by atoms with E-state index in [4.69, 9.17) is 18.8 Å². The maximum Gasteiger partial charge on any atom is 0.481 e. The number of carbonyl (C=O) groups is 6. The molecule has 3 saturated carbocycles. The van der Waals surface area contributed by atoms with Gasteiger partial charge < -0.3 is 50.7 Å². The summed E-state index contributed by atoms with van der Waals surface area (Å²) >= 11 is 0. The molecule has 16 nitrogen and oxygen atoms in total. The number of hydrogen-bond donors (Lipinski definition) is 6. The second-order valence-corrected chi connectivity index (χ2v) is 21.7. The first-order chi connectivity index (χ1) is 33.2. The molecule has 5 aliphatic rings. The second-order valence-electron chi connectivity index (χ2n) is 21.7. The van der Waals surface area contributed by atoms with Crippen LogP contribution in [-0.4, -0.2) is 110 Å². The van der Waals surface area contributed by atoms with E-state index in [2.05, 4.69) is 83.9 Å². The fourth-order valence-corrected chi connectivity index (χ4v) is 10.4. The Morgan fingerprint density at radius 2 is 1.59 bits per heavy atom. The molecule has 0 radical (unpaired) electrons. The molecule has 70 heavy (non-hydrogen) atoms. The SMILES string of the molecule is CCCCc1ccc(-c2ccc(C(=O)N[C@@H](CCCCNC(=O)OC(C)(C)C)C(=O)N[C@H]3COCCCCC[C@@H](C(=O)N[C@@H](C)B4OC5C[C@@H]6C[C@@H](C6(C)C)[C@]5(C)O4)NC(=O)[C@H](C)NC3=O)cc2)cc1. The van der Waals surface area contributed by atoms with E-state index < -0.39 is 78.2 Å². The van der Waals surface area contributed by atoms with E-state index in [1.807, 2.05) is 19.1 Å². The highest BCUT2D eigenvalue weighted by Crippen LogP contribution is 2.65. The smallest absolute Gasteiger partial charge is 0.444 e. The lowest BCUT2D eigenvalue weighted by Gasteiger charge is -2.64. The summed E-state index contributed by atoms with van der Waals surface area (Å²) in [6, 6.07) is 11.3. The molecule has 2 aromatic rings. The van der Waals surface area contributed by atoms with Gasteiger partial charge in [0.1, 0.15) is 29.8 Å². The number of aryl methyl sites for hydroxylation is 1. The van der Waals surface area contributed by atoms with Crippen molar-refractivity contribution in [1.82, 2.24) is 31.9 Å². The van der Waals surface area contributed by atoms with Gasteiger partial charge in [-0.3, -0.25) is 24.0 Å². The lowest BCUT2D eigenvalue weighted by atomic mass is 9.43. The fraction of sp³-hybridized carbons (Fsp3) is 0.660. The fourth-order valence-electron chi connectivity index (χ4n) is 10.4. The summed E-state index contributed by atoms with van der Waals surface area (Å²) in [5.41, 5.74) is 2.67. The van der Waals surface area contributed by atoms with Gasteiger partial charge in [-0.15, -0.1) is 0 Å². The van der Waals surface area contributed by atoms with Crippen molar-refractivity contribution in [3.05, 3.63) is 59.7 Å². The van der Waals surface area contributed by atoms with Gasteiger partial charge in [0.25, 0.3) is 5.91 Å². The number of amides is 6. The molecule has 2 heterocycles. The number of rotatable bonds is 16. The number of alkyl carbamates (subject to hydrolysis) is 1. The number of hydrogen-bond acceptors (Lipinski definition) is 10. The Kier molecular flexibility index (Phi) is 18.6. The normalized spacial score (nSPS) is 26.7. The Balaban J connectivity index is 1.07. The maximum atomic E-state index is 14.2. The Morgan fingerprint density at radius 3 is 2.26 bits per heavy atom. The third-order valence-electron chi connectivity index (χ3n) is 14.8. The van der Waals surface area contributed by atoms with Gasteiger partial charge in [0, 0.05) is 18.7 Å². The lowest BCUT2D eigenvalue weighted by Crippen LogP contribution is -2.65. The van der Waals surface area contributed by atoms with Crippen molar-refractivity contribution >= 4 is 42.7 Å². The summed E-state index contributed by atoms with van der Waals surface area (Å²) < 4.78 is 24.3. The molecular formula is C53H79BN6O10. The van der Waals surface area contributed by atoms with E-state index in [1.54, 1.807) is 32.9 Å². The molecule has 9 atom stereocenters. The van der Waals surface area contributed by atoms with Crippen LogP contribution in [0.1, 0.15) is 149 Å². The van der Waals surface area contributed by atoms with Crippen LogP contribution in [0.5, 0.6) is 0 Å². The Morgan fingerprint density at radius 1 is 0.886 bits per heavy atom. The largest absolute Gasteiger partial charge is 0.481 e. The van der Waals surface area contributed by atoms with Gasteiger partial charge >= 0.3 is 13.2 Å². The van der Waals surface area contributed by atoms with Gasteiger partial charge in [-0.1, -0.05) is 76.4 Å². The Labute approximate surface area is 415 Å². The molecule has 3 aliphatic carbocycles. The van der Waals surface area contributed by atoms with Crippen LogP contribution in [0.3, 0.4) is 0 Å². The molecule has 2 bridgehead atoms. The molecule has 0 spiro atoms. The second kappa shape index (κ2) is 23.9. The van der Waals surface area contributed by atoms with E-state index in [0.717, 1.165) is 43.2 Å². The summed E-state index contributed by atoms with van der Waals surface area (Å²) in [7, 11) is -0.629. The minimum atomic E-state index is -1.22. The van der Waals surface area contributed by atoms with Crippen LogP contribution in [0.25, 0.3) is 11.1 Å². The van der Waals surface area contributed by atoms with E-state index in [0.29, 0.717) is 55.9 Å². The van der Waals surface area contributed by atoms with Crippen molar-refractivity contribution in [3.8, 4) is 11.1 Å². The predicted molar refractivity (Wildman–Crippen MR) is 268 cm³/mol. The molecule has 6 amide bonds. The zero-order valence-electron chi connectivity index (χ0n) is 43.0. The van der Waals surface area contributed by atoms with Crippen LogP contribution in [0.15, 0.2) is 48.5 Å². The molecular weight excluding hydrogens is 891 g/mol. The monoisotopic (exact) mass is 971 g/mol. The summed E-state index contributed by atoms with van der Waals surface area (Å²) in [6.07, 6.45) is 8.09. The topological polar surface area (TPSA) is 212 Å². The molecule has 0 aromatic heterocycles. The number of nitrogens with one attached hydrogen (secondary N) is 6. The van der Waals surface area contributed by atoms with Crippen molar-refractivity contribution in [1.29, 1.82) is 0 Å². The van der Waals surface area contributed by atoms with Gasteiger partial charge in [-0.05, 0) is 145 Å². The predicted octanol–water partition coefficient (Wildman–Crippen LogP) is 6.33. The Bertz CT molecular complexity index is 2130. The van der Waals surface area contributed by atoms with Crippen molar-refractivity contribution in [2.24, 2.45) is 17.3 Å². The summed E-state index contributed by atoms with van der Waals surface area (Å²) in [4.78, 5) is 81.6. The highest BCUT2D eigenvalue weighted by Gasteiger charge is 2.68. The number of carbonyl (C=O) groups excluding carboxylic acids is 6. The zero-order valence-corrected chi connectivity index (χ0v) is 43.0. The van der Waals surface area contributed by atoms with Crippen molar-refractivity contribution < 1.29 is 47.5 Å². The highest BCUT2D eigenvalue weighted by atomic mass is 16.7. The zero-order chi connectivity index (χ0) is 50.8. The van der Waals surface area contributed by atoms with Crippen LogP contribution in [0, 0.1) is 17.3 Å². The van der Waals surface area contributed by atoms with Gasteiger partial charge in [-0.2, -0.15) is 0 Å². The first-order valence-corrected chi connectivity index (χ1v) is 25.8. The summed E-state index contributed by atoms with van der Waals surface area (Å²) in [6.45, 7) is 18.0. The third kappa shape index (κ3) is 14.1. The molecule has 2 saturated heterocycles. The molecule has 6 N–H and O–H groups in total. The van der Waals surface area contributed by atoms with Crippen LogP contribution >= 0.6 is 0 Å². The van der Waals surface area contributed by atoms with E-state index in [-0.39, 0.29) is 43.6 Å². The van der Waals surface area contributed by atoms with Gasteiger partial charge in [0.2, 0.25) is 23.6 Å². The van der Waals surface area contributed by atoms with Crippen molar-refractivity contribution in [3.63, 3.8) is 0 Å². The van der Waals surface area contributed by atoms with Gasteiger partial charge in [0.15, 0.2) is 0 Å². The summed E-state index contributed by atoms with van der Waals surface area (Å²) in [5.74, 6) is -2.24. The minimum absolute atomic E-state index is 0.0417. The maximum absolute atomic E-state index is 14.2.